The Morgan fingerprint density at radius 1 is 1.40 bits per heavy atom. The Morgan fingerprint density at radius 2 is 2.15 bits per heavy atom. The zero-order valence-electron chi connectivity index (χ0n) is 11.0. The van der Waals surface area contributed by atoms with Gasteiger partial charge in [-0.15, -0.1) is 0 Å². The van der Waals surface area contributed by atoms with Crippen LogP contribution in [0.3, 0.4) is 0 Å². The van der Waals surface area contributed by atoms with Gasteiger partial charge in [0.15, 0.2) is 0 Å². The van der Waals surface area contributed by atoms with Crippen LogP contribution in [-0.2, 0) is 4.74 Å². The molecule has 4 nitrogen and oxygen atoms in total. The second-order valence-electron chi connectivity index (χ2n) is 4.11. The van der Waals surface area contributed by atoms with Crippen LogP contribution in [0.5, 0.6) is 0 Å². The lowest BCUT2D eigenvalue weighted by atomic mass is 10.1. The van der Waals surface area contributed by atoms with Gasteiger partial charge in [0, 0.05) is 16.8 Å². The number of nitrogen functional groups attached to an aromatic ring is 1. The minimum atomic E-state index is -0.447. The predicted octanol–water partition coefficient (Wildman–Crippen LogP) is 3.56. The largest absolute Gasteiger partial charge is 0.465 e. The van der Waals surface area contributed by atoms with E-state index < -0.39 is 5.97 Å². The molecule has 0 amide bonds. The number of halogens is 1. The zero-order chi connectivity index (χ0) is 14.7. The molecule has 0 aliphatic heterocycles. The number of rotatable bonds is 3. The minimum Gasteiger partial charge on any atom is -0.465 e. The summed E-state index contributed by atoms with van der Waals surface area (Å²) in [7, 11) is 1.33. The molecule has 0 aliphatic rings. The maximum Gasteiger partial charge on any atom is 0.340 e. The van der Waals surface area contributed by atoms with Gasteiger partial charge in [0.05, 0.1) is 17.7 Å². The molecule has 1 aromatic carbocycles. The van der Waals surface area contributed by atoms with E-state index in [1.807, 2.05) is 19.1 Å². The van der Waals surface area contributed by atoms with Gasteiger partial charge >= 0.3 is 5.97 Å². The summed E-state index contributed by atoms with van der Waals surface area (Å²) in [6, 6.07) is 7.19. The molecule has 2 N–H and O–H groups in total. The quantitative estimate of drug-likeness (QED) is 0.693. The van der Waals surface area contributed by atoms with Crippen LogP contribution in [0.4, 0.5) is 5.69 Å². The first-order chi connectivity index (χ1) is 9.51. The Labute approximate surface area is 126 Å². The van der Waals surface area contributed by atoms with Crippen molar-refractivity contribution in [1.82, 2.24) is 4.98 Å². The lowest BCUT2D eigenvalue weighted by Gasteiger charge is -2.10. The van der Waals surface area contributed by atoms with Crippen molar-refractivity contribution >= 4 is 35.0 Å². The second kappa shape index (κ2) is 6.15. The lowest BCUT2D eigenvalue weighted by molar-refractivity contribution is 0.0601. The van der Waals surface area contributed by atoms with Gasteiger partial charge in [-0.05, 0) is 36.8 Å². The van der Waals surface area contributed by atoms with Gasteiger partial charge in [-0.3, -0.25) is 0 Å². The first kappa shape index (κ1) is 14.7. The molecule has 104 valence electrons. The van der Waals surface area contributed by atoms with Gasteiger partial charge < -0.3 is 10.5 Å². The third-order valence-corrected chi connectivity index (χ3v) is 3.83. The molecule has 1 aromatic heterocycles. The standard InChI is InChI=1S/C14H13ClN2O2S/c1-8-5-10(6-11(13(8)16)14(18)19-2)20-12-4-3-9(15)7-17-12/h3-7H,16H2,1-2H3. The van der Waals surface area contributed by atoms with E-state index in [-0.39, 0.29) is 0 Å². The summed E-state index contributed by atoms with van der Waals surface area (Å²) in [5.41, 5.74) is 7.52. The fourth-order valence-electron chi connectivity index (χ4n) is 1.65. The zero-order valence-corrected chi connectivity index (χ0v) is 12.6. The number of hydrogen-bond acceptors (Lipinski definition) is 5. The summed E-state index contributed by atoms with van der Waals surface area (Å²) in [6.07, 6.45) is 1.58. The van der Waals surface area contributed by atoms with Crippen LogP contribution in [-0.4, -0.2) is 18.1 Å². The summed E-state index contributed by atoms with van der Waals surface area (Å²) >= 11 is 7.22. The number of pyridine rings is 1. The predicted molar refractivity (Wildman–Crippen MR) is 80.3 cm³/mol. The number of carbonyl (C=O) groups is 1. The number of anilines is 1. The Kier molecular flexibility index (Phi) is 4.52. The molecular formula is C14H13ClN2O2S. The van der Waals surface area contributed by atoms with Crippen LogP contribution in [0, 0.1) is 6.92 Å². The van der Waals surface area contributed by atoms with E-state index in [2.05, 4.69) is 4.98 Å². The van der Waals surface area contributed by atoms with E-state index in [1.165, 1.54) is 18.9 Å². The first-order valence-electron chi connectivity index (χ1n) is 5.79. The normalized spacial score (nSPS) is 10.3. The molecule has 0 fully saturated rings. The van der Waals surface area contributed by atoms with E-state index in [0.717, 1.165) is 15.5 Å². The van der Waals surface area contributed by atoms with Crippen molar-refractivity contribution < 1.29 is 9.53 Å². The molecule has 0 atom stereocenters. The van der Waals surface area contributed by atoms with Crippen LogP contribution in [0.2, 0.25) is 5.02 Å². The van der Waals surface area contributed by atoms with Crippen LogP contribution >= 0.6 is 23.4 Å². The number of ether oxygens (including phenoxy) is 1. The highest BCUT2D eigenvalue weighted by Crippen LogP contribution is 2.31. The number of carbonyl (C=O) groups excluding carboxylic acids is 1. The van der Waals surface area contributed by atoms with Crippen LogP contribution in [0.25, 0.3) is 0 Å². The smallest absolute Gasteiger partial charge is 0.340 e. The van der Waals surface area contributed by atoms with Crippen LogP contribution in [0.1, 0.15) is 15.9 Å². The first-order valence-corrected chi connectivity index (χ1v) is 6.98. The Hall–Kier alpha value is -1.72. The topological polar surface area (TPSA) is 65.2 Å². The number of methoxy groups -OCH3 is 1. The Balaban J connectivity index is 2.35. The molecule has 0 bridgehead atoms. The van der Waals surface area contributed by atoms with E-state index >= 15 is 0 Å². The van der Waals surface area contributed by atoms with Crippen molar-refractivity contribution in [2.24, 2.45) is 0 Å². The highest BCUT2D eigenvalue weighted by atomic mass is 35.5. The Morgan fingerprint density at radius 3 is 2.75 bits per heavy atom. The van der Waals surface area contributed by atoms with E-state index in [9.17, 15) is 4.79 Å². The molecule has 2 rings (SSSR count). The third kappa shape index (κ3) is 3.23. The molecule has 0 spiro atoms. The molecular weight excluding hydrogens is 296 g/mol. The van der Waals surface area contributed by atoms with E-state index in [0.29, 0.717) is 16.3 Å². The molecule has 0 aliphatic carbocycles. The SMILES string of the molecule is COC(=O)c1cc(Sc2ccc(Cl)cn2)cc(C)c1N. The molecule has 20 heavy (non-hydrogen) atoms. The van der Waals surface area contributed by atoms with Gasteiger partial charge in [0.1, 0.15) is 5.03 Å². The van der Waals surface area contributed by atoms with Gasteiger partial charge in [-0.1, -0.05) is 23.4 Å². The van der Waals surface area contributed by atoms with Crippen LogP contribution < -0.4 is 5.73 Å². The molecule has 2 aromatic rings. The number of hydrogen-bond donors (Lipinski definition) is 1. The van der Waals surface area contributed by atoms with Gasteiger partial charge in [0.2, 0.25) is 0 Å². The van der Waals surface area contributed by atoms with Crippen molar-refractivity contribution in [2.75, 3.05) is 12.8 Å². The van der Waals surface area contributed by atoms with Gasteiger partial charge in [-0.25, -0.2) is 9.78 Å². The summed E-state index contributed by atoms with van der Waals surface area (Å²) in [4.78, 5) is 16.8. The monoisotopic (exact) mass is 308 g/mol. The molecule has 0 unspecified atom stereocenters. The van der Waals surface area contributed by atoms with E-state index in [4.69, 9.17) is 22.1 Å². The lowest BCUT2D eigenvalue weighted by Crippen LogP contribution is -2.07. The van der Waals surface area contributed by atoms with Gasteiger partial charge in [-0.2, -0.15) is 0 Å². The van der Waals surface area contributed by atoms with Gasteiger partial charge in [0.25, 0.3) is 0 Å². The average molecular weight is 309 g/mol. The molecule has 6 heteroatoms. The maximum atomic E-state index is 11.7. The number of aryl methyl sites for hydroxylation is 1. The fourth-order valence-corrected chi connectivity index (χ4v) is 2.65. The van der Waals surface area contributed by atoms with E-state index in [1.54, 1.807) is 18.3 Å². The number of aromatic nitrogens is 1. The van der Waals surface area contributed by atoms with Crippen molar-refractivity contribution in [1.29, 1.82) is 0 Å². The fraction of sp³-hybridized carbons (Fsp3) is 0.143. The number of nitrogens with zero attached hydrogens (tertiary/aromatic N) is 1. The maximum absolute atomic E-state index is 11.7. The van der Waals surface area contributed by atoms with Crippen molar-refractivity contribution in [3.63, 3.8) is 0 Å². The molecule has 1 heterocycles. The molecule has 0 saturated heterocycles. The summed E-state index contributed by atoms with van der Waals surface area (Å²) in [5, 5.41) is 1.37. The average Bonchev–Trinajstić information content (AvgIpc) is 2.44. The number of nitrogens with two attached hydrogens (primary N) is 1. The van der Waals surface area contributed by atoms with Crippen molar-refractivity contribution in [3.05, 3.63) is 46.6 Å². The molecule has 0 radical (unpaired) electrons. The highest BCUT2D eigenvalue weighted by molar-refractivity contribution is 7.99. The number of esters is 1. The third-order valence-electron chi connectivity index (χ3n) is 2.69. The Bertz CT molecular complexity index is 644. The highest BCUT2D eigenvalue weighted by Gasteiger charge is 2.14. The van der Waals surface area contributed by atoms with Crippen molar-refractivity contribution in [2.45, 2.75) is 16.8 Å². The van der Waals surface area contributed by atoms with Crippen molar-refractivity contribution in [3.8, 4) is 0 Å². The minimum absolute atomic E-state index is 0.365. The summed E-state index contributed by atoms with van der Waals surface area (Å²) in [6.45, 7) is 1.85. The summed E-state index contributed by atoms with van der Waals surface area (Å²) < 4.78 is 4.73. The molecule has 0 saturated carbocycles. The van der Waals surface area contributed by atoms with Crippen LogP contribution in [0.15, 0.2) is 40.4 Å². The summed E-state index contributed by atoms with van der Waals surface area (Å²) in [5.74, 6) is -0.447. The number of benzene rings is 1. The second-order valence-corrected chi connectivity index (χ2v) is 5.64.